The van der Waals surface area contributed by atoms with E-state index in [2.05, 4.69) is 9.97 Å². The molecule has 0 N–H and O–H groups in total. The molecule has 0 saturated carbocycles. The quantitative estimate of drug-likeness (QED) is 0.663. The van der Waals surface area contributed by atoms with E-state index in [4.69, 9.17) is 0 Å². The Morgan fingerprint density at radius 2 is 2.23 bits per heavy atom. The van der Waals surface area contributed by atoms with E-state index in [-0.39, 0.29) is 0 Å². The van der Waals surface area contributed by atoms with Crippen LogP contribution in [-0.4, -0.2) is 23.3 Å². The molecule has 0 aliphatic carbocycles. The van der Waals surface area contributed by atoms with Gasteiger partial charge in [-0.05, 0) is 6.42 Å². The van der Waals surface area contributed by atoms with Gasteiger partial charge in [-0.25, -0.2) is 0 Å². The molecular formula is C8H10N2O2S. The Morgan fingerprint density at radius 3 is 2.69 bits per heavy atom. The predicted octanol–water partition coefficient (Wildman–Crippen LogP) is 0.481. The molecule has 13 heavy (non-hydrogen) atoms. The summed E-state index contributed by atoms with van der Waals surface area (Å²) in [7, 11) is -2.10. The average molecular weight is 198 g/mol. The molecule has 1 aromatic heterocycles. The summed E-state index contributed by atoms with van der Waals surface area (Å²) in [6, 6.07) is 0. The van der Waals surface area contributed by atoms with E-state index in [1.54, 1.807) is 18.6 Å². The van der Waals surface area contributed by atoms with Crippen molar-refractivity contribution in [1.82, 2.24) is 9.97 Å². The molecule has 0 unspecified atom stereocenters. The minimum atomic E-state index is -2.10. The molecule has 0 amide bonds. The van der Waals surface area contributed by atoms with Crippen molar-refractivity contribution < 1.29 is 8.42 Å². The van der Waals surface area contributed by atoms with Crippen LogP contribution < -0.4 is 0 Å². The smallest absolute Gasteiger partial charge is 0.213 e. The van der Waals surface area contributed by atoms with Crippen molar-refractivity contribution in [3.63, 3.8) is 0 Å². The SMILES string of the molecule is CCC(Cc1cnccn1)=S(=O)=O. The second kappa shape index (κ2) is 4.71. The zero-order valence-electron chi connectivity index (χ0n) is 7.27. The summed E-state index contributed by atoms with van der Waals surface area (Å²) in [6.07, 6.45) is 5.56. The zero-order chi connectivity index (χ0) is 9.68. The second-order valence-electron chi connectivity index (χ2n) is 2.50. The van der Waals surface area contributed by atoms with Crippen LogP contribution in [0.2, 0.25) is 0 Å². The number of rotatable bonds is 3. The van der Waals surface area contributed by atoms with E-state index in [1.165, 1.54) is 0 Å². The molecule has 0 bridgehead atoms. The molecule has 0 aliphatic heterocycles. The highest BCUT2D eigenvalue weighted by atomic mass is 32.2. The fourth-order valence-electron chi connectivity index (χ4n) is 0.925. The Bertz CT molecular complexity index is 389. The van der Waals surface area contributed by atoms with Crippen molar-refractivity contribution in [1.29, 1.82) is 0 Å². The van der Waals surface area contributed by atoms with Crippen LogP contribution in [-0.2, 0) is 16.7 Å². The Labute approximate surface area is 78.2 Å². The normalized spacial score (nSPS) is 9.62. The first-order valence-electron chi connectivity index (χ1n) is 3.93. The maximum atomic E-state index is 10.6. The van der Waals surface area contributed by atoms with Gasteiger partial charge in [-0.15, -0.1) is 0 Å². The standard InChI is InChI=1S/C8H10N2O2S/c1-2-8(13(11)12)5-7-6-9-3-4-10-7/h3-4,6H,2,5H2,1H3. The number of hydrogen-bond acceptors (Lipinski definition) is 4. The van der Waals surface area contributed by atoms with Crippen molar-refractivity contribution in [2.45, 2.75) is 19.8 Å². The van der Waals surface area contributed by atoms with Gasteiger partial charge in [-0.1, -0.05) is 6.92 Å². The molecule has 1 rings (SSSR count). The minimum absolute atomic E-state index is 0.362. The number of nitrogens with zero attached hydrogens (tertiary/aromatic N) is 2. The molecule has 1 aromatic rings. The molecule has 0 saturated heterocycles. The van der Waals surface area contributed by atoms with Crippen LogP contribution >= 0.6 is 0 Å². The van der Waals surface area contributed by atoms with Crippen molar-refractivity contribution >= 4 is 15.2 Å². The van der Waals surface area contributed by atoms with Gasteiger partial charge < -0.3 is 0 Å². The molecule has 0 aliphatic rings. The van der Waals surface area contributed by atoms with E-state index < -0.39 is 10.3 Å². The first kappa shape index (κ1) is 9.85. The Balaban J connectivity index is 2.87. The van der Waals surface area contributed by atoms with Crippen LogP contribution in [0, 0.1) is 0 Å². The molecule has 5 heteroatoms. The Kier molecular flexibility index (Phi) is 3.57. The summed E-state index contributed by atoms with van der Waals surface area (Å²) in [5.74, 6) is 0. The van der Waals surface area contributed by atoms with Gasteiger partial charge in [0.25, 0.3) is 0 Å². The van der Waals surface area contributed by atoms with Crippen LogP contribution in [0.4, 0.5) is 0 Å². The lowest BCUT2D eigenvalue weighted by molar-refractivity contribution is 0.626. The summed E-state index contributed by atoms with van der Waals surface area (Å²) in [5.41, 5.74) is 0.684. The van der Waals surface area contributed by atoms with Gasteiger partial charge in [0, 0.05) is 25.0 Å². The lowest BCUT2D eigenvalue weighted by atomic mass is 10.2. The highest BCUT2D eigenvalue weighted by molar-refractivity contribution is 7.73. The summed E-state index contributed by atoms with van der Waals surface area (Å²) in [4.78, 5) is 8.31. The monoisotopic (exact) mass is 198 g/mol. The topological polar surface area (TPSA) is 59.9 Å². The van der Waals surface area contributed by atoms with Crippen LogP contribution in [0.1, 0.15) is 19.0 Å². The lowest BCUT2D eigenvalue weighted by Gasteiger charge is -1.97. The second-order valence-corrected chi connectivity index (χ2v) is 3.55. The molecule has 0 atom stereocenters. The zero-order valence-corrected chi connectivity index (χ0v) is 8.08. The molecule has 0 spiro atoms. The molecule has 1 heterocycles. The summed E-state index contributed by atoms with van der Waals surface area (Å²) < 4.78 is 21.3. The van der Waals surface area contributed by atoms with E-state index in [0.29, 0.717) is 23.4 Å². The van der Waals surface area contributed by atoms with E-state index in [9.17, 15) is 8.42 Å². The first-order chi connectivity index (χ1) is 6.24. The van der Waals surface area contributed by atoms with Crippen LogP contribution in [0.3, 0.4) is 0 Å². The van der Waals surface area contributed by atoms with Gasteiger partial charge in [-0.2, -0.15) is 8.42 Å². The third-order valence-corrected chi connectivity index (χ3v) is 2.53. The minimum Gasteiger partial charge on any atom is -0.261 e. The summed E-state index contributed by atoms with van der Waals surface area (Å²) in [6.45, 7) is 1.81. The van der Waals surface area contributed by atoms with Crippen LogP contribution in [0.5, 0.6) is 0 Å². The van der Waals surface area contributed by atoms with E-state index in [0.717, 1.165) is 0 Å². The molecule has 4 nitrogen and oxygen atoms in total. The maximum absolute atomic E-state index is 10.6. The van der Waals surface area contributed by atoms with Gasteiger partial charge >= 0.3 is 0 Å². The maximum Gasteiger partial charge on any atom is 0.213 e. The molecule has 0 radical (unpaired) electrons. The summed E-state index contributed by atoms with van der Waals surface area (Å²) >= 11 is 0. The first-order valence-corrected chi connectivity index (χ1v) is 5.00. The van der Waals surface area contributed by atoms with Gasteiger partial charge in [0.2, 0.25) is 10.3 Å². The molecule has 0 aromatic carbocycles. The van der Waals surface area contributed by atoms with Gasteiger partial charge in [0.1, 0.15) is 0 Å². The van der Waals surface area contributed by atoms with Gasteiger partial charge in [-0.3, -0.25) is 9.97 Å². The highest BCUT2D eigenvalue weighted by Gasteiger charge is 2.01. The number of aromatic nitrogens is 2. The van der Waals surface area contributed by atoms with Crippen molar-refractivity contribution in [2.24, 2.45) is 0 Å². The van der Waals surface area contributed by atoms with Crippen LogP contribution in [0.25, 0.3) is 0 Å². The van der Waals surface area contributed by atoms with E-state index >= 15 is 0 Å². The van der Waals surface area contributed by atoms with E-state index in [1.807, 2.05) is 6.92 Å². The summed E-state index contributed by atoms with van der Waals surface area (Å²) in [5, 5.41) is 0. The lowest BCUT2D eigenvalue weighted by Crippen LogP contribution is -2.04. The van der Waals surface area contributed by atoms with Crippen molar-refractivity contribution in [2.75, 3.05) is 0 Å². The third kappa shape index (κ3) is 2.95. The average Bonchev–Trinajstić information content (AvgIpc) is 2.15. The third-order valence-electron chi connectivity index (χ3n) is 1.62. The fourth-order valence-corrected chi connectivity index (χ4v) is 1.43. The predicted molar refractivity (Wildman–Crippen MR) is 50.0 cm³/mol. The Hall–Kier alpha value is -1.23. The van der Waals surface area contributed by atoms with Crippen molar-refractivity contribution in [3.8, 4) is 0 Å². The van der Waals surface area contributed by atoms with Crippen molar-refractivity contribution in [3.05, 3.63) is 24.3 Å². The Morgan fingerprint density at radius 1 is 1.46 bits per heavy atom. The van der Waals surface area contributed by atoms with Crippen LogP contribution in [0.15, 0.2) is 18.6 Å². The molecular weight excluding hydrogens is 188 g/mol. The largest absolute Gasteiger partial charge is 0.261 e. The van der Waals surface area contributed by atoms with Gasteiger partial charge in [0.15, 0.2) is 0 Å². The number of hydrogen-bond donors (Lipinski definition) is 0. The van der Waals surface area contributed by atoms with Gasteiger partial charge in [0.05, 0.1) is 10.6 Å². The highest BCUT2D eigenvalue weighted by Crippen LogP contribution is 1.96. The fraction of sp³-hybridized carbons (Fsp3) is 0.375. The molecule has 70 valence electrons. The molecule has 0 fully saturated rings.